The van der Waals surface area contributed by atoms with E-state index in [1.807, 2.05) is 6.92 Å². The molecule has 0 atom stereocenters. The molecule has 0 aliphatic carbocycles. The maximum atomic E-state index is 12.5. The zero-order valence-corrected chi connectivity index (χ0v) is 18.6. The predicted octanol–water partition coefficient (Wildman–Crippen LogP) is -1.64. The Kier molecular flexibility index (Phi) is 6.84. The monoisotopic (exact) mass is 434 g/mol. The minimum atomic E-state index is -4.67. The Morgan fingerprint density at radius 1 is 1.00 bits per heavy atom. The molecule has 0 aliphatic rings. The number of aryl methyl sites for hydroxylation is 1. The zero-order valence-electron chi connectivity index (χ0n) is 14.2. The summed E-state index contributed by atoms with van der Waals surface area (Å²) in [5.74, 6) is 0. The topological polar surface area (TPSA) is 135 Å². The summed E-state index contributed by atoms with van der Waals surface area (Å²) in [6.45, 7) is 1.83. The van der Waals surface area contributed by atoms with E-state index in [1.165, 1.54) is 24.3 Å². The van der Waals surface area contributed by atoms with Gasteiger partial charge in [0, 0.05) is 0 Å². The van der Waals surface area contributed by atoms with Gasteiger partial charge in [-0.15, -0.1) is 5.10 Å². The van der Waals surface area contributed by atoms with E-state index in [2.05, 4.69) is 15.5 Å². The summed E-state index contributed by atoms with van der Waals surface area (Å²) in [6.07, 6.45) is 0. The molecular weight excluding hydrogens is 423 g/mol. The molecule has 0 spiro atoms. The molecule has 0 saturated heterocycles. The standard InChI is InChI=1S/C14H12N4O5S3.Na/c1-10-5-7-12(8-6-10)26(22,23)24-14-15-16-17-18(14)11-3-2-4-13(9-11)25(19,20)21;/h2-9H,1H3,(H,19,20,21);/q;+1/p-1. The van der Waals surface area contributed by atoms with E-state index in [1.54, 1.807) is 12.1 Å². The summed E-state index contributed by atoms with van der Waals surface area (Å²) in [7, 11) is -8.05. The van der Waals surface area contributed by atoms with Gasteiger partial charge in [-0.2, -0.15) is 4.68 Å². The van der Waals surface area contributed by atoms with Gasteiger partial charge in [-0.3, -0.25) is 0 Å². The van der Waals surface area contributed by atoms with Gasteiger partial charge in [0.2, 0.25) is 14.0 Å². The quantitative estimate of drug-likeness (QED) is 0.263. The smallest absolute Gasteiger partial charge is 0.744 e. The average Bonchev–Trinajstić information content (AvgIpc) is 3.02. The summed E-state index contributed by atoms with van der Waals surface area (Å²) in [4.78, 5) is -0.388. The van der Waals surface area contributed by atoms with Gasteiger partial charge in [0.05, 0.1) is 26.3 Å². The van der Waals surface area contributed by atoms with Gasteiger partial charge in [-0.25, -0.2) is 16.8 Å². The van der Waals surface area contributed by atoms with E-state index in [4.69, 9.17) is 0 Å². The molecule has 0 bridgehead atoms. The summed E-state index contributed by atoms with van der Waals surface area (Å²) >= 11 is 0. The van der Waals surface area contributed by atoms with Gasteiger partial charge in [0.25, 0.3) is 0 Å². The molecule has 1 heterocycles. The van der Waals surface area contributed by atoms with Gasteiger partial charge in [-0.05, 0) is 47.7 Å². The van der Waals surface area contributed by atoms with Crippen LogP contribution in [0.15, 0.2) is 63.5 Å². The van der Waals surface area contributed by atoms with Crippen molar-refractivity contribution in [3.63, 3.8) is 0 Å². The number of hydrogen-bond donors (Lipinski definition) is 0. The van der Waals surface area contributed by atoms with Crippen LogP contribution >= 0.6 is 10.8 Å². The third kappa shape index (κ3) is 5.16. The van der Waals surface area contributed by atoms with Crippen LogP contribution in [0.2, 0.25) is 0 Å². The van der Waals surface area contributed by atoms with Crippen LogP contribution in [0.5, 0.6) is 0 Å². The minimum Gasteiger partial charge on any atom is -0.744 e. The SMILES string of the molecule is Cc1ccc(S(=O)(=O)Sc2nnnn2-c2cccc(S(=O)(=O)[O-])c2)cc1.[Na+]. The van der Waals surface area contributed by atoms with Crippen molar-refractivity contribution in [2.45, 2.75) is 21.9 Å². The number of rotatable bonds is 5. The van der Waals surface area contributed by atoms with Crippen molar-refractivity contribution in [2.75, 3.05) is 0 Å². The molecule has 0 N–H and O–H groups in total. The van der Waals surface area contributed by atoms with Crippen molar-refractivity contribution >= 4 is 29.8 Å². The van der Waals surface area contributed by atoms with Crippen LogP contribution in [0, 0.1) is 6.92 Å². The van der Waals surface area contributed by atoms with Crippen LogP contribution in [0.4, 0.5) is 0 Å². The molecule has 13 heteroatoms. The number of nitrogens with zero attached hydrogens (tertiary/aromatic N) is 4. The fourth-order valence-corrected chi connectivity index (χ4v) is 5.09. The van der Waals surface area contributed by atoms with Crippen molar-refractivity contribution in [2.24, 2.45) is 0 Å². The largest absolute Gasteiger partial charge is 1.00 e. The van der Waals surface area contributed by atoms with Crippen LogP contribution in [-0.2, 0) is 19.0 Å². The van der Waals surface area contributed by atoms with E-state index in [0.717, 1.165) is 22.4 Å². The summed E-state index contributed by atoms with van der Waals surface area (Å²) in [6, 6.07) is 11.3. The second kappa shape index (κ2) is 8.39. The van der Waals surface area contributed by atoms with Crippen LogP contribution in [0.25, 0.3) is 5.69 Å². The first-order chi connectivity index (χ1) is 12.2. The summed E-state index contributed by atoms with van der Waals surface area (Å²) in [5, 5.41) is 10.7. The van der Waals surface area contributed by atoms with E-state index in [0.29, 0.717) is 10.8 Å². The van der Waals surface area contributed by atoms with Gasteiger partial charge in [0.1, 0.15) is 10.1 Å². The number of hydrogen-bond acceptors (Lipinski definition) is 9. The molecule has 0 radical (unpaired) electrons. The maximum Gasteiger partial charge on any atom is 1.00 e. The van der Waals surface area contributed by atoms with Crippen molar-refractivity contribution < 1.29 is 50.9 Å². The third-order valence-electron chi connectivity index (χ3n) is 3.29. The van der Waals surface area contributed by atoms with E-state index >= 15 is 0 Å². The molecule has 0 amide bonds. The van der Waals surface area contributed by atoms with Gasteiger partial charge >= 0.3 is 29.6 Å². The zero-order chi connectivity index (χ0) is 18.9. The average molecular weight is 434 g/mol. The first kappa shape index (κ1) is 22.0. The molecule has 0 fully saturated rings. The molecular formula is C14H11N4NaO5S3. The van der Waals surface area contributed by atoms with Crippen molar-refractivity contribution in [3.8, 4) is 5.69 Å². The van der Waals surface area contributed by atoms with Crippen LogP contribution in [0.3, 0.4) is 0 Å². The fraction of sp³-hybridized carbons (Fsp3) is 0.0714. The van der Waals surface area contributed by atoms with Gasteiger partial charge < -0.3 is 4.55 Å². The second-order valence-electron chi connectivity index (χ2n) is 5.18. The van der Waals surface area contributed by atoms with Crippen LogP contribution < -0.4 is 29.6 Å². The molecule has 0 saturated carbocycles. The summed E-state index contributed by atoms with van der Waals surface area (Å²) < 4.78 is 59.6. The van der Waals surface area contributed by atoms with Crippen molar-refractivity contribution in [1.82, 2.24) is 20.2 Å². The molecule has 9 nitrogen and oxygen atoms in total. The molecule has 3 aromatic rings. The first-order valence-corrected chi connectivity index (χ1v) is 11.3. The van der Waals surface area contributed by atoms with E-state index in [-0.39, 0.29) is 45.3 Å². The Bertz CT molecular complexity index is 1160. The molecule has 3 rings (SSSR count). The number of benzene rings is 2. The predicted molar refractivity (Wildman–Crippen MR) is 91.3 cm³/mol. The Balaban J connectivity index is 0.00000261. The van der Waals surface area contributed by atoms with Crippen LogP contribution in [0.1, 0.15) is 5.56 Å². The normalized spacial score (nSPS) is 11.8. The van der Waals surface area contributed by atoms with Gasteiger partial charge in [-0.1, -0.05) is 23.8 Å². The van der Waals surface area contributed by atoms with Crippen LogP contribution in [-0.4, -0.2) is 41.6 Å². The fourth-order valence-electron chi connectivity index (χ4n) is 2.01. The molecule has 136 valence electrons. The van der Waals surface area contributed by atoms with Crippen molar-refractivity contribution in [3.05, 3.63) is 54.1 Å². The van der Waals surface area contributed by atoms with Gasteiger partial charge in [0.15, 0.2) is 0 Å². The number of tetrazole rings is 1. The molecule has 0 unspecified atom stereocenters. The molecule has 2 aromatic carbocycles. The maximum absolute atomic E-state index is 12.5. The molecule has 0 aliphatic heterocycles. The number of aromatic nitrogens is 4. The molecule has 1 aromatic heterocycles. The first-order valence-electron chi connectivity index (χ1n) is 7.03. The Morgan fingerprint density at radius 3 is 2.30 bits per heavy atom. The Hall–Kier alpha value is -1.28. The minimum absolute atomic E-state index is 0. The Morgan fingerprint density at radius 2 is 1.67 bits per heavy atom. The second-order valence-corrected chi connectivity index (χ2v) is 10.3. The Labute approximate surface area is 181 Å². The summed E-state index contributed by atoms with van der Waals surface area (Å²) in [5.41, 5.74) is 1.06. The van der Waals surface area contributed by atoms with Crippen molar-refractivity contribution in [1.29, 1.82) is 0 Å². The van der Waals surface area contributed by atoms with E-state index < -0.39 is 23.9 Å². The molecule has 27 heavy (non-hydrogen) atoms. The van der Waals surface area contributed by atoms with E-state index in [9.17, 15) is 21.4 Å². The third-order valence-corrected chi connectivity index (χ3v) is 7.27.